The van der Waals surface area contributed by atoms with Crippen molar-refractivity contribution in [2.45, 2.75) is 83.6 Å². The molecule has 12 heteroatoms. The van der Waals surface area contributed by atoms with E-state index in [4.69, 9.17) is 9.15 Å². The molecule has 1 amide bonds. The zero-order chi connectivity index (χ0) is 34.8. The molecule has 48 heavy (non-hydrogen) atoms. The van der Waals surface area contributed by atoms with E-state index in [0.29, 0.717) is 44.1 Å². The lowest BCUT2D eigenvalue weighted by Gasteiger charge is -2.38. The van der Waals surface area contributed by atoms with Crippen LogP contribution in [0.4, 0.5) is 0 Å². The van der Waals surface area contributed by atoms with Crippen LogP contribution >= 0.6 is 0 Å². The van der Waals surface area contributed by atoms with E-state index in [2.05, 4.69) is 41.1 Å². The number of carbonyl (C=O) groups excluding carboxylic acids is 4. The molecule has 0 aliphatic carbocycles. The number of allylic oxidation sites excluding steroid dienone is 2. The molecule has 1 aromatic rings. The molecular weight excluding hydrogens is 614 g/mol. The fourth-order valence-electron chi connectivity index (χ4n) is 6.99. The van der Waals surface area contributed by atoms with Crippen LogP contribution in [0.1, 0.15) is 69.3 Å². The first-order chi connectivity index (χ1) is 22.9. The number of fused-ring (bicyclic) bond motifs is 3. The van der Waals surface area contributed by atoms with Gasteiger partial charge in [0.15, 0.2) is 5.69 Å². The fraction of sp³-hybridized carbons (Fsp3) is 0.639. The molecule has 4 heterocycles. The number of hydrogen-bond acceptors (Lipinski definition) is 11. The Hall–Kier alpha value is -3.45. The molecule has 1 aromatic heterocycles. The van der Waals surface area contributed by atoms with Crippen LogP contribution in [0.25, 0.3) is 0 Å². The fourth-order valence-corrected chi connectivity index (χ4v) is 6.99. The van der Waals surface area contributed by atoms with Crippen molar-refractivity contribution in [1.29, 1.82) is 0 Å². The number of rotatable bonds is 5. The summed E-state index contributed by atoms with van der Waals surface area (Å²) in [5.41, 5.74) is 1.35. The summed E-state index contributed by atoms with van der Waals surface area (Å²) in [7, 11) is 4.23. The van der Waals surface area contributed by atoms with Crippen LogP contribution in [-0.2, 0) is 25.5 Å². The normalized spacial score (nSPS) is 30.1. The predicted octanol–water partition coefficient (Wildman–Crippen LogP) is 2.58. The van der Waals surface area contributed by atoms with Gasteiger partial charge in [-0.3, -0.25) is 14.4 Å². The minimum atomic E-state index is -0.990. The topological polar surface area (TPSA) is 146 Å². The number of esters is 1. The first kappa shape index (κ1) is 37.4. The predicted molar refractivity (Wildman–Crippen MR) is 181 cm³/mol. The van der Waals surface area contributed by atoms with Crippen LogP contribution in [0.5, 0.6) is 0 Å². The van der Waals surface area contributed by atoms with E-state index >= 15 is 0 Å². The number of oxazole rings is 1. The minimum absolute atomic E-state index is 0.0165. The highest BCUT2D eigenvalue weighted by molar-refractivity contribution is 5.95. The van der Waals surface area contributed by atoms with Crippen molar-refractivity contribution in [1.82, 2.24) is 25.0 Å². The van der Waals surface area contributed by atoms with Crippen LogP contribution in [0.15, 0.2) is 46.1 Å². The average molecular weight is 668 g/mol. The molecule has 264 valence electrons. The van der Waals surface area contributed by atoms with Gasteiger partial charge in [-0.1, -0.05) is 43.7 Å². The van der Waals surface area contributed by atoms with E-state index in [9.17, 15) is 24.3 Å². The quantitative estimate of drug-likeness (QED) is 0.353. The van der Waals surface area contributed by atoms with Gasteiger partial charge in [0.2, 0.25) is 5.89 Å². The molecule has 3 aliphatic heterocycles. The van der Waals surface area contributed by atoms with Gasteiger partial charge in [-0.2, -0.15) is 0 Å². The van der Waals surface area contributed by atoms with Crippen molar-refractivity contribution < 1.29 is 33.4 Å². The van der Waals surface area contributed by atoms with Crippen LogP contribution in [0.2, 0.25) is 0 Å². The summed E-state index contributed by atoms with van der Waals surface area (Å²) in [6.07, 6.45) is 10.6. The van der Waals surface area contributed by atoms with Crippen molar-refractivity contribution in [3.05, 3.63) is 53.3 Å². The summed E-state index contributed by atoms with van der Waals surface area (Å²) >= 11 is 0. The minimum Gasteiger partial charge on any atom is -0.460 e. The molecule has 0 unspecified atom stereocenters. The summed E-state index contributed by atoms with van der Waals surface area (Å²) in [6.45, 7) is 9.71. The van der Waals surface area contributed by atoms with Gasteiger partial charge >= 0.3 is 5.97 Å². The SMILES string of the molecule is CC1=C\[C@@H](O)CC(=O)Cc2nc(co2)C(=O)N2CCC[C@@H]2C(=O)O[C@H]([C@@H](C)CN2CCC(N(C)C)CC2)[C@H](C)/C=C(\C=O)CNC\C=C\1. The zero-order valence-corrected chi connectivity index (χ0v) is 29.1. The molecule has 0 spiro atoms. The highest BCUT2D eigenvalue weighted by Gasteiger charge is 2.39. The zero-order valence-electron chi connectivity index (χ0n) is 29.1. The summed E-state index contributed by atoms with van der Waals surface area (Å²) < 4.78 is 11.7. The molecule has 2 saturated heterocycles. The van der Waals surface area contributed by atoms with E-state index in [0.717, 1.165) is 44.3 Å². The number of aldehydes is 1. The Morgan fingerprint density at radius 1 is 1.15 bits per heavy atom. The first-order valence-corrected chi connectivity index (χ1v) is 17.2. The van der Waals surface area contributed by atoms with E-state index in [1.165, 1.54) is 11.2 Å². The van der Waals surface area contributed by atoms with Gasteiger partial charge in [0, 0.05) is 56.1 Å². The molecule has 0 radical (unpaired) electrons. The number of likely N-dealkylation sites (tertiary alicyclic amines) is 1. The van der Waals surface area contributed by atoms with Gasteiger partial charge < -0.3 is 34.3 Å². The highest BCUT2D eigenvalue weighted by atomic mass is 16.5. The maximum absolute atomic E-state index is 13.8. The number of piperidine rings is 1. The van der Waals surface area contributed by atoms with Gasteiger partial charge in [-0.25, -0.2) is 9.78 Å². The number of Topliss-reactive ketones (excluding diaryl/α,β-unsaturated/α-hetero) is 1. The molecule has 2 N–H and O–H groups in total. The monoisotopic (exact) mass is 667 g/mol. The molecule has 2 bridgehead atoms. The third kappa shape index (κ3) is 10.5. The number of hydrogen-bond donors (Lipinski definition) is 2. The maximum atomic E-state index is 13.8. The van der Waals surface area contributed by atoms with Crippen molar-refractivity contribution in [3.8, 4) is 0 Å². The van der Waals surface area contributed by atoms with Gasteiger partial charge in [0.05, 0.1) is 12.5 Å². The van der Waals surface area contributed by atoms with E-state index in [1.54, 1.807) is 6.08 Å². The lowest BCUT2D eigenvalue weighted by atomic mass is 9.90. The number of nitrogens with zero attached hydrogens (tertiary/aromatic N) is 4. The molecule has 12 nitrogen and oxygen atoms in total. The number of aliphatic hydroxyl groups excluding tert-OH is 1. The Kier molecular flexibility index (Phi) is 13.9. The first-order valence-electron chi connectivity index (χ1n) is 17.2. The Bertz CT molecular complexity index is 1360. The Balaban J connectivity index is 1.58. The number of aromatic nitrogens is 1. The van der Waals surface area contributed by atoms with Gasteiger partial charge in [0.1, 0.15) is 30.5 Å². The lowest BCUT2D eigenvalue weighted by molar-refractivity contribution is -0.158. The van der Waals surface area contributed by atoms with Crippen LogP contribution in [0, 0.1) is 11.8 Å². The number of ether oxygens (including phenoxy) is 1. The van der Waals surface area contributed by atoms with E-state index in [1.807, 2.05) is 32.1 Å². The van der Waals surface area contributed by atoms with Crippen molar-refractivity contribution in [3.63, 3.8) is 0 Å². The van der Waals surface area contributed by atoms with Gasteiger partial charge in [-0.15, -0.1) is 0 Å². The standard InChI is InChI=1S/C36H53N5O7/c1-24-8-6-12-37-20-27(22-42)17-25(2)34(26(3)21-40-14-10-28(11-15-40)39(4)5)48-36(46)32-9-7-13-41(32)35(45)31-23-47-33(38-31)19-30(44)18-29(43)16-24/h6,8,16-17,22-23,25-26,28-29,32,34,37,43H,7,9-15,18-21H2,1-5H3/b8-6+,24-16+,27-17-/t25-,26+,29-,32-,34+/m1/s1. The Labute approximate surface area is 284 Å². The van der Waals surface area contributed by atoms with Crippen LogP contribution < -0.4 is 5.32 Å². The van der Waals surface area contributed by atoms with Gasteiger partial charge in [-0.05, 0) is 59.8 Å². The second-order valence-corrected chi connectivity index (χ2v) is 13.8. The second kappa shape index (κ2) is 17.8. The second-order valence-electron chi connectivity index (χ2n) is 13.8. The molecule has 0 saturated carbocycles. The molecule has 0 aromatic carbocycles. The summed E-state index contributed by atoms with van der Waals surface area (Å²) in [5, 5.41) is 13.7. The van der Waals surface area contributed by atoms with Gasteiger partial charge in [0.25, 0.3) is 5.91 Å². The number of aliphatic hydroxyl groups is 1. The Morgan fingerprint density at radius 2 is 1.90 bits per heavy atom. The maximum Gasteiger partial charge on any atom is 0.329 e. The number of amides is 1. The van der Waals surface area contributed by atoms with Crippen molar-refractivity contribution >= 4 is 23.9 Å². The molecule has 3 aliphatic rings. The van der Waals surface area contributed by atoms with Crippen LogP contribution in [0.3, 0.4) is 0 Å². The Morgan fingerprint density at radius 3 is 2.60 bits per heavy atom. The molecular formula is C36H53N5O7. The summed E-state index contributed by atoms with van der Waals surface area (Å²) in [5.74, 6) is -1.46. The van der Waals surface area contributed by atoms with Crippen molar-refractivity contribution in [2.24, 2.45) is 11.8 Å². The third-order valence-corrected chi connectivity index (χ3v) is 9.56. The number of nitrogens with one attached hydrogen (secondary N) is 1. The van der Waals surface area contributed by atoms with Crippen LogP contribution in [-0.4, -0.2) is 126 Å². The smallest absolute Gasteiger partial charge is 0.329 e. The average Bonchev–Trinajstić information content (AvgIpc) is 3.72. The lowest BCUT2D eigenvalue weighted by Crippen LogP contribution is -2.47. The molecule has 5 atom stereocenters. The van der Waals surface area contributed by atoms with E-state index < -0.39 is 30.1 Å². The number of carbonyl (C=O) groups is 4. The molecule has 4 rings (SSSR count). The summed E-state index contributed by atoms with van der Waals surface area (Å²) in [6, 6.07) is -0.234. The van der Waals surface area contributed by atoms with Crippen molar-refractivity contribution in [2.75, 3.05) is 53.4 Å². The highest BCUT2D eigenvalue weighted by Crippen LogP contribution is 2.27. The molecule has 2 fully saturated rings. The number of ketones is 1. The third-order valence-electron chi connectivity index (χ3n) is 9.56. The van der Waals surface area contributed by atoms with E-state index in [-0.39, 0.29) is 42.0 Å². The largest absolute Gasteiger partial charge is 0.460 e. The summed E-state index contributed by atoms with van der Waals surface area (Å²) in [4.78, 5) is 62.5. The number of cyclic esters (lactones) is 1.